The fourth-order valence-corrected chi connectivity index (χ4v) is 2.71. The van der Waals surface area contributed by atoms with Gasteiger partial charge in [0.05, 0.1) is 11.0 Å². The Morgan fingerprint density at radius 1 is 1.30 bits per heavy atom. The molecule has 0 saturated heterocycles. The molecule has 7 heteroatoms. The lowest BCUT2D eigenvalue weighted by Gasteiger charge is -2.20. The number of nitrogens with zero attached hydrogens (tertiary/aromatic N) is 1. The highest BCUT2D eigenvalue weighted by Crippen LogP contribution is 2.25. The van der Waals surface area contributed by atoms with Gasteiger partial charge in [0.25, 0.3) is 5.69 Å². The third kappa shape index (κ3) is 6.29. The van der Waals surface area contributed by atoms with Crippen LogP contribution in [-0.2, 0) is 4.79 Å². The van der Waals surface area contributed by atoms with E-state index in [1.165, 1.54) is 24.3 Å². The van der Waals surface area contributed by atoms with Crippen molar-refractivity contribution in [2.24, 2.45) is 0 Å². The third-order valence-corrected chi connectivity index (χ3v) is 4.40. The van der Waals surface area contributed by atoms with Crippen LogP contribution in [0.5, 0.6) is 0 Å². The Bertz CT molecular complexity index is 824. The van der Waals surface area contributed by atoms with Crippen molar-refractivity contribution >= 4 is 29.1 Å². The maximum atomic E-state index is 12.0. The Morgan fingerprint density at radius 3 is 2.67 bits per heavy atom. The number of halogens is 1. The number of carbonyl (C=O) groups excluding carboxylic acids is 1. The minimum atomic E-state index is -0.661. The SMILES string of the molecule is CC(NCCC(=O)/C=C/c1ccc(Cl)c([N+](=O)[O-])c1)C(O)c1ccccc1. The van der Waals surface area contributed by atoms with E-state index >= 15 is 0 Å². The zero-order valence-corrected chi connectivity index (χ0v) is 15.6. The Balaban J connectivity index is 1.83. The van der Waals surface area contributed by atoms with Gasteiger partial charge < -0.3 is 10.4 Å². The summed E-state index contributed by atoms with van der Waals surface area (Å²) in [6.45, 7) is 2.26. The molecule has 2 aromatic carbocycles. The molecule has 2 N–H and O–H groups in total. The maximum absolute atomic E-state index is 12.0. The smallest absolute Gasteiger partial charge is 0.288 e. The minimum absolute atomic E-state index is 0.0543. The topological polar surface area (TPSA) is 92.5 Å². The van der Waals surface area contributed by atoms with Crippen LogP contribution in [0.2, 0.25) is 5.02 Å². The van der Waals surface area contributed by atoms with Crippen LogP contribution in [0.4, 0.5) is 5.69 Å². The molecule has 0 radical (unpaired) electrons. The van der Waals surface area contributed by atoms with Gasteiger partial charge in [-0.1, -0.05) is 54.1 Å². The zero-order valence-electron chi connectivity index (χ0n) is 14.8. The van der Waals surface area contributed by atoms with Crippen molar-refractivity contribution in [1.82, 2.24) is 5.32 Å². The van der Waals surface area contributed by atoms with E-state index in [0.717, 1.165) is 5.56 Å². The molecule has 0 aromatic heterocycles. The second-order valence-corrected chi connectivity index (χ2v) is 6.52. The second-order valence-electron chi connectivity index (χ2n) is 6.12. The van der Waals surface area contributed by atoms with Crippen molar-refractivity contribution in [3.05, 3.63) is 80.9 Å². The molecule has 0 saturated carbocycles. The van der Waals surface area contributed by atoms with Crippen LogP contribution in [0.15, 0.2) is 54.6 Å². The molecule has 0 aliphatic carbocycles. The van der Waals surface area contributed by atoms with Crippen LogP contribution in [0.3, 0.4) is 0 Å². The van der Waals surface area contributed by atoms with Crippen LogP contribution in [0, 0.1) is 10.1 Å². The highest BCUT2D eigenvalue weighted by Gasteiger charge is 2.15. The second kappa shape index (κ2) is 9.97. The molecule has 2 rings (SSSR count). The summed E-state index contributed by atoms with van der Waals surface area (Å²) in [7, 11) is 0. The maximum Gasteiger partial charge on any atom is 0.288 e. The van der Waals surface area contributed by atoms with Crippen molar-refractivity contribution < 1.29 is 14.8 Å². The van der Waals surface area contributed by atoms with Crippen molar-refractivity contribution in [2.75, 3.05) is 6.54 Å². The summed E-state index contributed by atoms with van der Waals surface area (Å²) in [4.78, 5) is 22.3. The average Bonchev–Trinajstić information content (AvgIpc) is 2.67. The Morgan fingerprint density at radius 2 is 2.00 bits per heavy atom. The quantitative estimate of drug-likeness (QED) is 0.385. The molecular weight excluding hydrogens is 368 g/mol. The number of nitro benzene ring substituents is 1. The van der Waals surface area contributed by atoms with Gasteiger partial charge in [0.2, 0.25) is 0 Å². The predicted octanol–water partition coefficient (Wildman–Crippen LogP) is 3.93. The monoisotopic (exact) mass is 388 g/mol. The number of ketones is 1. The van der Waals surface area contributed by atoms with Gasteiger partial charge in [-0.3, -0.25) is 14.9 Å². The van der Waals surface area contributed by atoms with Crippen LogP contribution in [0.1, 0.15) is 30.6 Å². The molecule has 2 atom stereocenters. The van der Waals surface area contributed by atoms with E-state index in [9.17, 15) is 20.0 Å². The number of hydrogen-bond donors (Lipinski definition) is 2. The summed E-state index contributed by atoms with van der Waals surface area (Å²) in [6, 6.07) is 13.5. The molecule has 27 heavy (non-hydrogen) atoms. The normalized spacial score (nSPS) is 13.4. The molecule has 0 aliphatic rings. The summed E-state index contributed by atoms with van der Waals surface area (Å²) < 4.78 is 0. The van der Waals surface area contributed by atoms with Gasteiger partial charge in [0, 0.05) is 25.1 Å². The van der Waals surface area contributed by atoms with Gasteiger partial charge in [-0.25, -0.2) is 0 Å². The Kier molecular flexibility index (Phi) is 7.67. The lowest BCUT2D eigenvalue weighted by Crippen LogP contribution is -2.33. The number of benzene rings is 2. The number of hydrogen-bond acceptors (Lipinski definition) is 5. The lowest BCUT2D eigenvalue weighted by molar-refractivity contribution is -0.384. The van der Waals surface area contributed by atoms with Gasteiger partial charge >= 0.3 is 0 Å². The first-order valence-electron chi connectivity index (χ1n) is 8.49. The standard InChI is InChI=1S/C20H21ClN2O4/c1-14(20(25)16-5-3-2-4-6-16)22-12-11-17(24)9-7-15-8-10-18(21)19(13-15)23(26)27/h2-10,13-14,20,22,25H,11-12H2,1H3/b9-7+. The fourth-order valence-electron chi connectivity index (χ4n) is 2.52. The molecule has 142 valence electrons. The van der Waals surface area contributed by atoms with Crippen molar-refractivity contribution in [2.45, 2.75) is 25.5 Å². The first kappa shape index (κ1) is 20.8. The first-order valence-corrected chi connectivity index (χ1v) is 8.87. The number of allylic oxidation sites excluding steroid dienone is 1. The molecule has 0 heterocycles. The zero-order chi connectivity index (χ0) is 19.8. The first-order chi connectivity index (χ1) is 12.9. The molecule has 0 aliphatic heterocycles. The van der Waals surface area contributed by atoms with E-state index in [0.29, 0.717) is 12.1 Å². The van der Waals surface area contributed by atoms with Gasteiger partial charge in [0.1, 0.15) is 5.02 Å². The highest BCUT2D eigenvalue weighted by atomic mass is 35.5. The molecular formula is C20H21ClN2O4. The molecule has 0 bridgehead atoms. The number of carbonyl (C=O) groups is 1. The van der Waals surface area contributed by atoms with Crippen LogP contribution in [0.25, 0.3) is 6.08 Å². The van der Waals surface area contributed by atoms with E-state index < -0.39 is 11.0 Å². The van der Waals surface area contributed by atoms with Gasteiger partial charge in [-0.15, -0.1) is 0 Å². The largest absolute Gasteiger partial charge is 0.387 e. The van der Waals surface area contributed by atoms with Crippen molar-refractivity contribution in [3.8, 4) is 0 Å². The molecule has 0 amide bonds. The summed E-state index contributed by atoms with van der Waals surface area (Å²) in [6.07, 6.45) is 2.49. The molecule has 0 spiro atoms. The van der Waals surface area contributed by atoms with Crippen LogP contribution < -0.4 is 5.32 Å². The Labute approximate surface area is 162 Å². The molecule has 6 nitrogen and oxygen atoms in total. The van der Waals surface area contributed by atoms with Crippen molar-refractivity contribution in [3.63, 3.8) is 0 Å². The predicted molar refractivity (Wildman–Crippen MR) is 106 cm³/mol. The Hall–Kier alpha value is -2.54. The number of rotatable bonds is 9. The number of aliphatic hydroxyl groups excluding tert-OH is 1. The summed E-state index contributed by atoms with van der Waals surface area (Å²) in [5.41, 5.74) is 1.14. The minimum Gasteiger partial charge on any atom is -0.387 e. The number of nitrogens with one attached hydrogen (secondary N) is 1. The highest BCUT2D eigenvalue weighted by molar-refractivity contribution is 6.32. The van der Waals surface area contributed by atoms with E-state index in [4.69, 9.17) is 11.6 Å². The van der Waals surface area contributed by atoms with E-state index in [2.05, 4.69) is 5.32 Å². The summed E-state index contributed by atoms with van der Waals surface area (Å²) in [5.74, 6) is -0.124. The van der Waals surface area contributed by atoms with E-state index in [1.54, 1.807) is 6.07 Å². The van der Waals surface area contributed by atoms with Crippen LogP contribution in [-0.4, -0.2) is 28.4 Å². The fraction of sp³-hybridized carbons (Fsp3) is 0.250. The lowest BCUT2D eigenvalue weighted by atomic mass is 10.0. The van der Waals surface area contributed by atoms with E-state index in [-0.39, 0.29) is 29.0 Å². The summed E-state index contributed by atoms with van der Waals surface area (Å²) >= 11 is 5.76. The molecule has 0 fully saturated rings. The van der Waals surface area contributed by atoms with Gasteiger partial charge in [0.15, 0.2) is 5.78 Å². The van der Waals surface area contributed by atoms with Gasteiger partial charge in [-0.2, -0.15) is 0 Å². The van der Waals surface area contributed by atoms with Crippen LogP contribution >= 0.6 is 11.6 Å². The third-order valence-electron chi connectivity index (χ3n) is 4.08. The number of nitro groups is 1. The number of aliphatic hydroxyl groups is 1. The molecule has 2 aromatic rings. The van der Waals surface area contributed by atoms with Gasteiger partial charge in [-0.05, 0) is 30.2 Å². The summed E-state index contributed by atoms with van der Waals surface area (Å²) in [5, 5.41) is 24.3. The molecule has 2 unspecified atom stereocenters. The van der Waals surface area contributed by atoms with E-state index in [1.807, 2.05) is 37.3 Å². The average molecular weight is 389 g/mol. The van der Waals surface area contributed by atoms with Crippen molar-refractivity contribution in [1.29, 1.82) is 0 Å².